The van der Waals surface area contributed by atoms with Crippen molar-refractivity contribution in [3.8, 4) is 0 Å². The number of rotatable bonds is 50. The van der Waals surface area contributed by atoms with E-state index in [2.05, 4.69) is 104 Å². The second-order valence-electron chi connectivity index (χ2n) is 20.4. The van der Waals surface area contributed by atoms with Crippen molar-refractivity contribution in [3.63, 3.8) is 0 Å². The van der Waals surface area contributed by atoms with Gasteiger partial charge in [-0.15, -0.1) is 0 Å². The first-order chi connectivity index (χ1) is 35.3. The molecule has 7 atom stereocenters. The number of aliphatic hydroxyl groups is 5. The van der Waals surface area contributed by atoms with E-state index in [4.69, 9.17) is 9.47 Å². The van der Waals surface area contributed by atoms with Crippen LogP contribution in [0.2, 0.25) is 0 Å². The van der Waals surface area contributed by atoms with Crippen molar-refractivity contribution < 1.29 is 39.8 Å². The van der Waals surface area contributed by atoms with Crippen LogP contribution < -0.4 is 5.32 Å². The van der Waals surface area contributed by atoms with Crippen molar-refractivity contribution in [1.82, 2.24) is 5.32 Å². The monoisotopic (exact) mass is 1010 g/mol. The highest BCUT2D eigenvalue weighted by molar-refractivity contribution is 5.76. The van der Waals surface area contributed by atoms with Crippen molar-refractivity contribution in [2.24, 2.45) is 0 Å². The minimum Gasteiger partial charge on any atom is -0.394 e. The number of nitrogens with one attached hydrogen (secondary N) is 1. The number of allylic oxidation sites excluding steroid dienone is 14. The molecule has 0 aromatic heterocycles. The van der Waals surface area contributed by atoms with Gasteiger partial charge in [0.05, 0.1) is 25.4 Å². The maximum absolute atomic E-state index is 13.1. The van der Waals surface area contributed by atoms with Crippen LogP contribution in [0.3, 0.4) is 0 Å². The molecule has 1 aliphatic rings. The van der Waals surface area contributed by atoms with Gasteiger partial charge >= 0.3 is 0 Å². The van der Waals surface area contributed by atoms with E-state index in [1.807, 2.05) is 0 Å². The van der Waals surface area contributed by atoms with Crippen LogP contribution in [0.15, 0.2) is 85.1 Å². The van der Waals surface area contributed by atoms with Crippen LogP contribution in [-0.4, -0.2) is 87.5 Å². The first kappa shape index (κ1) is 67.4. The number of aliphatic hydroxyl groups excluding tert-OH is 5. The number of carbonyl (C=O) groups excluding carboxylic acids is 1. The van der Waals surface area contributed by atoms with Crippen LogP contribution in [0.5, 0.6) is 0 Å². The number of unbranched alkanes of at least 4 members (excludes halogenated alkanes) is 26. The summed E-state index contributed by atoms with van der Waals surface area (Å²) in [4.78, 5) is 13.1. The van der Waals surface area contributed by atoms with Crippen LogP contribution >= 0.6 is 0 Å². The average Bonchev–Trinajstić information content (AvgIpc) is 3.38. The molecular formula is C63H111NO8. The first-order valence-electron chi connectivity index (χ1n) is 29.8. The summed E-state index contributed by atoms with van der Waals surface area (Å²) in [5.41, 5.74) is 0. The van der Waals surface area contributed by atoms with E-state index >= 15 is 0 Å². The molecular weight excluding hydrogens is 899 g/mol. The summed E-state index contributed by atoms with van der Waals surface area (Å²) in [5, 5.41) is 54.5. The Labute approximate surface area is 441 Å². The zero-order valence-corrected chi connectivity index (χ0v) is 46.2. The first-order valence-corrected chi connectivity index (χ1v) is 29.8. The molecule has 0 aliphatic carbocycles. The minimum atomic E-state index is -1.55. The molecule has 1 heterocycles. The van der Waals surface area contributed by atoms with Crippen molar-refractivity contribution in [2.75, 3.05) is 13.2 Å². The fraction of sp³-hybridized carbons (Fsp3) is 0.762. The maximum atomic E-state index is 13.1. The molecule has 0 radical (unpaired) electrons. The third kappa shape index (κ3) is 40.7. The van der Waals surface area contributed by atoms with Gasteiger partial charge in [0.25, 0.3) is 0 Å². The van der Waals surface area contributed by atoms with Gasteiger partial charge in [-0.3, -0.25) is 4.79 Å². The van der Waals surface area contributed by atoms with Gasteiger partial charge in [0, 0.05) is 6.42 Å². The standard InChI is InChI=1S/C63H111NO8/c1-3-5-7-9-11-13-15-17-18-19-20-21-22-23-24-25-26-27-28-29-30-31-32-33-34-35-36-37-38-39-40-41-43-45-47-49-51-53-59(67)64-56(55-71-63-62(70)61(69)60(68)58(54-65)72-63)57(66)52-50-48-46-44-42-16-14-12-10-8-6-4-2/h5,7,11,13,17-18,20-21,23-24,26-27,29-30,56-58,60-63,65-66,68-70H,3-4,6,8-10,12,14-16,19,22,25,28,31-55H2,1-2H3,(H,64,67)/b7-5-,13-11-,18-17-,21-20-,24-23-,27-26-,30-29-. The number of amides is 1. The molecule has 1 saturated heterocycles. The number of hydrogen-bond donors (Lipinski definition) is 6. The average molecular weight is 1010 g/mol. The highest BCUT2D eigenvalue weighted by atomic mass is 16.7. The van der Waals surface area contributed by atoms with Gasteiger partial charge in [0.15, 0.2) is 6.29 Å². The van der Waals surface area contributed by atoms with E-state index < -0.39 is 49.5 Å². The van der Waals surface area contributed by atoms with Gasteiger partial charge in [-0.05, 0) is 70.6 Å². The summed E-state index contributed by atoms with van der Waals surface area (Å²) in [6.07, 6.45) is 66.3. The quantitative estimate of drug-likeness (QED) is 0.0261. The number of ether oxygens (including phenoxy) is 2. The highest BCUT2D eigenvalue weighted by Gasteiger charge is 2.44. The molecule has 7 unspecified atom stereocenters. The summed E-state index contributed by atoms with van der Waals surface area (Å²) in [6.45, 7) is 3.72. The lowest BCUT2D eigenvalue weighted by Gasteiger charge is -2.40. The van der Waals surface area contributed by atoms with Crippen LogP contribution in [0, 0.1) is 0 Å². The second-order valence-corrected chi connectivity index (χ2v) is 20.4. The summed E-state index contributed by atoms with van der Waals surface area (Å²) in [7, 11) is 0. The Kier molecular flexibility index (Phi) is 48.5. The molecule has 0 aromatic rings. The predicted octanol–water partition coefficient (Wildman–Crippen LogP) is 15.0. The Hall–Kier alpha value is -2.63. The fourth-order valence-electron chi connectivity index (χ4n) is 9.08. The van der Waals surface area contributed by atoms with E-state index in [-0.39, 0.29) is 12.5 Å². The molecule has 1 fully saturated rings. The summed E-state index contributed by atoms with van der Waals surface area (Å²) < 4.78 is 11.3. The van der Waals surface area contributed by atoms with E-state index in [0.717, 1.165) is 83.5 Å². The SMILES string of the molecule is CC/C=C\C/C=C\C/C=C\C/C=C\C/C=C\C/C=C\C/C=C\CCCCCCCCCCCCCCCCCC(=O)NC(COC1OC(CO)C(O)C(O)C1O)C(O)CCCCCCCCCCCCCC. The molecule has 0 saturated carbocycles. The Bertz CT molecular complexity index is 1400. The third-order valence-corrected chi connectivity index (χ3v) is 13.8. The lowest BCUT2D eigenvalue weighted by Crippen LogP contribution is -2.60. The summed E-state index contributed by atoms with van der Waals surface area (Å²) in [5.74, 6) is -0.147. The highest BCUT2D eigenvalue weighted by Crippen LogP contribution is 2.23. The zero-order valence-electron chi connectivity index (χ0n) is 46.2. The van der Waals surface area contributed by atoms with Gasteiger partial charge in [-0.1, -0.05) is 259 Å². The summed E-state index contributed by atoms with van der Waals surface area (Å²) in [6, 6.07) is -0.721. The lowest BCUT2D eigenvalue weighted by atomic mass is 9.99. The predicted molar refractivity (Wildman–Crippen MR) is 304 cm³/mol. The Morgan fingerprint density at radius 3 is 1.28 bits per heavy atom. The van der Waals surface area contributed by atoms with Gasteiger partial charge in [-0.2, -0.15) is 0 Å². The molecule has 6 N–H and O–H groups in total. The largest absolute Gasteiger partial charge is 0.394 e. The van der Waals surface area contributed by atoms with Gasteiger partial charge in [0.1, 0.15) is 24.4 Å². The fourth-order valence-corrected chi connectivity index (χ4v) is 9.08. The molecule has 9 heteroatoms. The van der Waals surface area contributed by atoms with Crippen molar-refractivity contribution in [1.29, 1.82) is 0 Å². The van der Waals surface area contributed by atoms with Crippen LogP contribution in [0.25, 0.3) is 0 Å². The molecule has 9 nitrogen and oxygen atoms in total. The summed E-state index contributed by atoms with van der Waals surface area (Å²) >= 11 is 0. The molecule has 0 bridgehead atoms. The third-order valence-electron chi connectivity index (χ3n) is 13.8. The van der Waals surface area contributed by atoms with Crippen LogP contribution in [0.4, 0.5) is 0 Å². The van der Waals surface area contributed by atoms with Gasteiger partial charge in [0.2, 0.25) is 5.91 Å². The lowest BCUT2D eigenvalue weighted by molar-refractivity contribution is -0.302. The Balaban J connectivity index is 2.09. The van der Waals surface area contributed by atoms with E-state index in [1.165, 1.54) is 141 Å². The molecule has 1 aliphatic heterocycles. The molecule has 72 heavy (non-hydrogen) atoms. The van der Waals surface area contributed by atoms with Crippen LogP contribution in [0.1, 0.15) is 251 Å². The molecule has 1 rings (SSSR count). The number of hydrogen-bond acceptors (Lipinski definition) is 8. The smallest absolute Gasteiger partial charge is 0.220 e. The van der Waals surface area contributed by atoms with Gasteiger partial charge < -0.3 is 40.3 Å². The Morgan fingerprint density at radius 2 is 0.861 bits per heavy atom. The van der Waals surface area contributed by atoms with Crippen LogP contribution in [-0.2, 0) is 14.3 Å². The second kappa shape index (κ2) is 51.8. The topological polar surface area (TPSA) is 149 Å². The van der Waals surface area contributed by atoms with Gasteiger partial charge in [-0.25, -0.2) is 0 Å². The Morgan fingerprint density at radius 1 is 0.486 bits per heavy atom. The zero-order chi connectivity index (χ0) is 52.2. The van der Waals surface area contributed by atoms with Crippen molar-refractivity contribution in [2.45, 2.75) is 294 Å². The van der Waals surface area contributed by atoms with E-state index in [0.29, 0.717) is 12.8 Å². The van der Waals surface area contributed by atoms with Crippen molar-refractivity contribution >= 4 is 5.91 Å². The molecule has 0 spiro atoms. The maximum Gasteiger partial charge on any atom is 0.220 e. The number of carbonyl (C=O) groups is 1. The van der Waals surface area contributed by atoms with E-state index in [9.17, 15) is 30.3 Å². The van der Waals surface area contributed by atoms with Crippen molar-refractivity contribution in [3.05, 3.63) is 85.1 Å². The van der Waals surface area contributed by atoms with E-state index in [1.54, 1.807) is 0 Å². The normalized spacial score (nSPS) is 19.8. The molecule has 416 valence electrons. The molecule has 1 amide bonds. The minimum absolute atomic E-state index is 0.139. The molecule has 0 aromatic carbocycles.